The van der Waals surface area contributed by atoms with Crippen LogP contribution in [0.25, 0.3) is 0 Å². The number of amides is 2. The fourth-order valence-corrected chi connectivity index (χ4v) is 3.49. The third-order valence-corrected chi connectivity index (χ3v) is 4.13. The van der Waals surface area contributed by atoms with E-state index < -0.39 is 0 Å². The summed E-state index contributed by atoms with van der Waals surface area (Å²) >= 11 is 0. The number of hydrogen-bond acceptors (Lipinski definition) is 3. The lowest BCUT2D eigenvalue weighted by Crippen LogP contribution is -2.69. The molecule has 6 heteroatoms. The Kier molecular flexibility index (Phi) is 1.59. The second-order valence-corrected chi connectivity index (χ2v) is 4.83. The van der Waals surface area contributed by atoms with E-state index in [-0.39, 0.29) is 19.9 Å². The molecule has 2 rings (SSSR count). The number of rotatable bonds is 0. The molecule has 0 aliphatic carbocycles. The van der Waals surface area contributed by atoms with Crippen molar-refractivity contribution in [1.82, 2.24) is 14.9 Å². The van der Waals surface area contributed by atoms with Crippen molar-refractivity contribution in [3.8, 4) is 0 Å². The van der Waals surface area contributed by atoms with Crippen LogP contribution in [0, 0.1) is 0 Å². The van der Waals surface area contributed by atoms with Crippen molar-refractivity contribution in [3.63, 3.8) is 0 Å². The van der Waals surface area contributed by atoms with Crippen molar-refractivity contribution >= 4 is 19.9 Å². The molecule has 2 fully saturated rings. The van der Waals surface area contributed by atoms with Crippen LogP contribution in [0.3, 0.4) is 0 Å². The standard InChI is InChI=1S/C6H10N3O2P/c1-5(10)7-3-12-4-8(6(2)11)9(7)12/h3-4H2,1-2H3. The minimum absolute atomic E-state index is 0.0136. The van der Waals surface area contributed by atoms with Crippen LogP contribution in [-0.2, 0) is 9.59 Å². The molecular formula is C6H10N3O2P. The largest absolute Gasteiger partial charge is 0.274 e. The fraction of sp³-hybridized carbons (Fsp3) is 0.667. The summed E-state index contributed by atoms with van der Waals surface area (Å²) in [5, 5.41) is 3.22. The van der Waals surface area contributed by atoms with E-state index >= 15 is 0 Å². The van der Waals surface area contributed by atoms with Crippen molar-refractivity contribution < 1.29 is 9.59 Å². The SMILES string of the molecule is CC(=O)N1CP2CN(C(C)=O)N12. The van der Waals surface area contributed by atoms with Gasteiger partial charge < -0.3 is 0 Å². The summed E-state index contributed by atoms with van der Waals surface area (Å²) in [6.45, 7) is 3.03. The van der Waals surface area contributed by atoms with Gasteiger partial charge in [0, 0.05) is 13.8 Å². The zero-order valence-electron chi connectivity index (χ0n) is 7.02. The zero-order chi connectivity index (χ0) is 8.88. The lowest BCUT2D eigenvalue weighted by atomic mass is 10.7. The van der Waals surface area contributed by atoms with Gasteiger partial charge in [-0.3, -0.25) is 9.59 Å². The molecule has 2 saturated heterocycles. The van der Waals surface area contributed by atoms with E-state index in [1.165, 1.54) is 13.8 Å². The topological polar surface area (TPSA) is 43.9 Å². The van der Waals surface area contributed by atoms with Gasteiger partial charge in [-0.1, -0.05) is 0 Å². The molecule has 0 atom stereocenters. The summed E-state index contributed by atoms with van der Waals surface area (Å²) < 4.78 is 0. The molecule has 5 nitrogen and oxygen atoms in total. The summed E-state index contributed by atoms with van der Waals surface area (Å²) in [6, 6.07) is 0. The number of hydrogen-bond donors (Lipinski definition) is 0. The van der Waals surface area contributed by atoms with Gasteiger partial charge in [-0.2, -0.15) is 0 Å². The first-order chi connectivity index (χ1) is 5.61. The molecule has 2 aliphatic heterocycles. The maximum absolute atomic E-state index is 10.9. The molecule has 12 heavy (non-hydrogen) atoms. The van der Waals surface area contributed by atoms with Gasteiger partial charge in [0.25, 0.3) is 0 Å². The Morgan fingerprint density at radius 3 is 1.75 bits per heavy atom. The molecule has 0 N–H and O–H groups in total. The highest BCUT2D eigenvalue weighted by Crippen LogP contribution is 2.60. The van der Waals surface area contributed by atoms with Crippen LogP contribution in [0.15, 0.2) is 0 Å². The maximum Gasteiger partial charge on any atom is 0.235 e. The van der Waals surface area contributed by atoms with E-state index in [1.54, 1.807) is 14.9 Å². The Balaban J connectivity index is 2.01. The Labute approximate surface area is 71.7 Å². The van der Waals surface area contributed by atoms with Gasteiger partial charge in [0.2, 0.25) is 11.8 Å². The smallest absolute Gasteiger partial charge is 0.235 e. The maximum atomic E-state index is 10.9. The highest BCUT2D eigenvalue weighted by atomic mass is 31.1. The minimum atomic E-state index is -0.198. The van der Waals surface area contributed by atoms with Gasteiger partial charge in [0.05, 0.1) is 20.6 Å². The van der Waals surface area contributed by atoms with Gasteiger partial charge >= 0.3 is 0 Å². The third-order valence-electron chi connectivity index (χ3n) is 2.01. The van der Waals surface area contributed by atoms with Crippen molar-refractivity contribution in [2.75, 3.05) is 12.6 Å². The second-order valence-electron chi connectivity index (χ2n) is 2.89. The average Bonchev–Trinajstić information content (AvgIpc) is 1.92. The molecule has 66 valence electrons. The van der Waals surface area contributed by atoms with Crippen LogP contribution in [0.5, 0.6) is 0 Å². The summed E-state index contributed by atoms with van der Waals surface area (Å²) in [6.07, 6.45) is 1.66. The van der Waals surface area contributed by atoms with Crippen LogP contribution in [0.2, 0.25) is 0 Å². The highest BCUT2D eigenvalue weighted by molar-refractivity contribution is 7.57. The number of carbonyl (C=O) groups excluding carboxylic acids is 2. The molecule has 2 amide bonds. The van der Waals surface area contributed by atoms with Gasteiger partial charge in [0.15, 0.2) is 0 Å². The monoisotopic (exact) mass is 187 g/mol. The molecule has 0 spiro atoms. The predicted molar refractivity (Wildman–Crippen MR) is 43.5 cm³/mol. The summed E-state index contributed by atoms with van der Waals surface area (Å²) in [7, 11) is -0.198. The zero-order valence-corrected chi connectivity index (χ0v) is 7.91. The quantitative estimate of drug-likeness (QED) is 0.507. The fourth-order valence-electron chi connectivity index (χ4n) is 1.33. The molecule has 0 unspecified atom stereocenters. The van der Waals surface area contributed by atoms with E-state index in [0.717, 1.165) is 12.6 Å². The molecule has 2 heterocycles. The number of fused-ring (bicyclic) bond motifs is 1. The summed E-state index contributed by atoms with van der Waals surface area (Å²) in [5.41, 5.74) is 0. The van der Waals surface area contributed by atoms with Crippen LogP contribution < -0.4 is 0 Å². The molecule has 0 bridgehead atoms. The Morgan fingerprint density at radius 2 is 1.50 bits per heavy atom. The number of nitrogens with zero attached hydrogens (tertiary/aromatic N) is 3. The Morgan fingerprint density at radius 1 is 1.08 bits per heavy atom. The van der Waals surface area contributed by atoms with Crippen molar-refractivity contribution in [1.29, 1.82) is 0 Å². The second kappa shape index (κ2) is 2.41. The first-order valence-electron chi connectivity index (χ1n) is 3.72. The molecule has 2 aliphatic rings. The summed E-state index contributed by atoms with van der Waals surface area (Å²) in [5.74, 6) is 0.0272. The first kappa shape index (κ1) is 7.95. The van der Waals surface area contributed by atoms with Crippen LogP contribution in [-0.4, -0.2) is 39.3 Å². The van der Waals surface area contributed by atoms with E-state index in [0.29, 0.717) is 0 Å². The Hall–Kier alpha value is -0.670. The van der Waals surface area contributed by atoms with E-state index in [4.69, 9.17) is 0 Å². The highest BCUT2D eigenvalue weighted by Gasteiger charge is 2.52. The van der Waals surface area contributed by atoms with E-state index in [9.17, 15) is 9.59 Å². The number of hydrazine groups is 2. The normalized spacial score (nSPS) is 22.8. The predicted octanol–water partition coefficient (Wildman–Crippen LogP) is 0.155. The minimum Gasteiger partial charge on any atom is -0.274 e. The van der Waals surface area contributed by atoms with Gasteiger partial charge in [-0.05, 0) is 0 Å². The van der Waals surface area contributed by atoms with Gasteiger partial charge in [-0.25, -0.2) is 10.0 Å². The number of carbonyl (C=O) groups is 2. The van der Waals surface area contributed by atoms with Gasteiger partial charge in [-0.15, -0.1) is 4.89 Å². The average molecular weight is 187 g/mol. The van der Waals surface area contributed by atoms with E-state index in [2.05, 4.69) is 0 Å². The van der Waals surface area contributed by atoms with Gasteiger partial charge in [0.1, 0.15) is 0 Å². The lowest BCUT2D eigenvalue weighted by molar-refractivity contribution is -0.186. The van der Waals surface area contributed by atoms with Crippen molar-refractivity contribution in [3.05, 3.63) is 0 Å². The lowest BCUT2D eigenvalue weighted by Gasteiger charge is -2.62. The molecular weight excluding hydrogens is 177 g/mol. The summed E-state index contributed by atoms with van der Waals surface area (Å²) in [4.78, 5) is 23.7. The molecule has 0 radical (unpaired) electrons. The van der Waals surface area contributed by atoms with Crippen molar-refractivity contribution in [2.45, 2.75) is 13.8 Å². The van der Waals surface area contributed by atoms with E-state index in [1.807, 2.05) is 0 Å². The molecule has 0 aromatic rings. The van der Waals surface area contributed by atoms with Crippen molar-refractivity contribution in [2.24, 2.45) is 0 Å². The van der Waals surface area contributed by atoms with Crippen LogP contribution in [0.1, 0.15) is 13.8 Å². The molecule has 0 aromatic carbocycles. The van der Waals surface area contributed by atoms with Crippen LogP contribution in [0.4, 0.5) is 0 Å². The molecule has 0 aromatic heterocycles. The van der Waals surface area contributed by atoms with Crippen LogP contribution >= 0.6 is 8.07 Å². The Bertz CT molecular complexity index is 233. The molecule has 0 saturated carbocycles. The third kappa shape index (κ3) is 0.867. The first-order valence-corrected chi connectivity index (χ1v) is 5.39.